The van der Waals surface area contributed by atoms with Crippen LogP contribution in [0.2, 0.25) is 0 Å². The van der Waals surface area contributed by atoms with Crippen molar-refractivity contribution in [1.82, 2.24) is 0 Å². The number of rotatable bonds is 36. The molecule has 1 atom stereocenters. The monoisotopic (exact) mass is 752 g/mol. The lowest BCUT2D eigenvalue weighted by Crippen LogP contribution is -2.29. The quantitative estimate of drug-likeness (QED) is 0.0160. The zero-order valence-electron chi connectivity index (χ0n) is 32.9. The first-order valence-electron chi connectivity index (χ1n) is 20.2. The smallest absolute Gasteiger partial charge is 0.462 e. The van der Waals surface area contributed by atoms with Crippen LogP contribution >= 0.6 is 7.82 Å². The topological polar surface area (TPSA) is 136 Å². The van der Waals surface area contributed by atoms with Crippen molar-refractivity contribution in [1.29, 1.82) is 0 Å². The summed E-state index contributed by atoms with van der Waals surface area (Å²) in [6.45, 7) is 5.78. The molecular weight excluding hydrogens is 679 g/mol. The molecule has 0 aromatic heterocycles. The highest BCUT2D eigenvalue weighted by Crippen LogP contribution is 2.36. The molecule has 0 heterocycles. The second kappa shape index (κ2) is 35.7. The lowest BCUT2D eigenvalue weighted by molar-refractivity contribution is -0.161. The first-order valence-corrected chi connectivity index (χ1v) is 21.8. The maximum Gasteiger partial charge on any atom is 0.469 e. The van der Waals surface area contributed by atoms with Crippen LogP contribution in [0.3, 0.4) is 0 Å². The van der Waals surface area contributed by atoms with E-state index in [1.807, 2.05) is 12.2 Å². The molecular formula is C42H73O9P. The molecule has 0 fully saturated rings. The van der Waals surface area contributed by atoms with E-state index < -0.39 is 32.5 Å². The Bertz CT molecular complexity index is 1060. The van der Waals surface area contributed by atoms with Gasteiger partial charge in [-0.3, -0.25) is 18.9 Å². The number of phosphoric acid groups is 1. The molecule has 0 saturated heterocycles. The number of esters is 2. The number of carbonyl (C=O) groups excluding carboxylic acids is 3. The maximum atomic E-state index is 12.4. The van der Waals surface area contributed by atoms with Crippen molar-refractivity contribution < 1.29 is 42.7 Å². The molecule has 2 N–H and O–H groups in total. The molecule has 0 aromatic rings. The molecule has 0 spiro atoms. The molecule has 0 unspecified atom stereocenters. The number of phosphoric ester groups is 1. The van der Waals surface area contributed by atoms with Crippen molar-refractivity contribution >= 4 is 25.5 Å². The second-order valence-electron chi connectivity index (χ2n) is 14.1. The van der Waals surface area contributed by atoms with Gasteiger partial charge in [-0.2, -0.15) is 0 Å². The minimum atomic E-state index is -4.82. The molecule has 0 amide bonds. The SMILES string of the molecule is CCCCC/C=C\C/C=C\C/C=C\C=C\C(=O)CCCC(=O)O[C@H](COC(=O)CCCCCCCCCCCCCCCC(C)C)COP(=O)(O)O. The molecule has 9 nitrogen and oxygen atoms in total. The highest BCUT2D eigenvalue weighted by molar-refractivity contribution is 7.46. The Labute approximate surface area is 316 Å². The van der Waals surface area contributed by atoms with E-state index in [1.54, 1.807) is 6.08 Å². The van der Waals surface area contributed by atoms with Gasteiger partial charge in [-0.05, 0) is 50.5 Å². The van der Waals surface area contributed by atoms with Gasteiger partial charge < -0.3 is 19.3 Å². The summed E-state index contributed by atoms with van der Waals surface area (Å²) in [5, 5.41) is 0. The van der Waals surface area contributed by atoms with Crippen LogP contribution < -0.4 is 0 Å². The number of hydrogen-bond donors (Lipinski definition) is 2. The third-order valence-electron chi connectivity index (χ3n) is 8.50. The normalized spacial score (nSPS) is 13.0. The Morgan fingerprint density at radius 2 is 1.17 bits per heavy atom. The molecule has 0 bridgehead atoms. The van der Waals surface area contributed by atoms with Gasteiger partial charge in [-0.15, -0.1) is 0 Å². The molecule has 10 heteroatoms. The summed E-state index contributed by atoms with van der Waals surface area (Å²) in [6, 6.07) is 0. The van der Waals surface area contributed by atoms with Gasteiger partial charge in [0, 0.05) is 19.3 Å². The van der Waals surface area contributed by atoms with E-state index in [0.29, 0.717) is 6.42 Å². The predicted octanol–water partition coefficient (Wildman–Crippen LogP) is 11.4. The van der Waals surface area contributed by atoms with Gasteiger partial charge in [0.2, 0.25) is 0 Å². The first-order chi connectivity index (χ1) is 25.0. The fourth-order valence-electron chi connectivity index (χ4n) is 5.45. The van der Waals surface area contributed by atoms with E-state index in [4.69, 9.17) is 19.3 Å². The van der Waals surface area contributed by atoms with Gasteiger partial charge in [-0.25, -0.2) is 4.57 Å². The Morgan fingerprint density at radius 3 is 1.77 bits per heavy atom. The average molecular weight is 753 g/mol. The number of carbonyl (C=O) groups is 3. The number of unbranched alkanes of at least 4 members (excludes halogenated alkanes) is 15. The molecule has 52 heavy (non-hydrogen) atoms. The predicted molar refractivity (Wildman–Crippen MR) is 212 cm³/mol. The highest BCUT2D eigenvalue weighted by Gasteiger charge is 2.23. The molecule has 0 aliphatic carbocycles. The molecule has 0 radical (unpaired) electrons. The summed E-state index contributed by atoms with van der Waals surface area (Å²) in [5.74, 6) is -0.458. The van der Waals surface area contributed by atoms with Crippen LogP contribution in [0.15, 0.2) is 48.6 Å². The van der Waals surface area contributed by atoms with Gasteiger partial charge in [0.25, 0.3) is 0 Å². The highest BCUT2D eigenvalue weighted by atomic mass is 31.2. The van der Waals surface area contributed by atoms with Gasteiger partial charge in [0.15, 0.2) is 11.9 Å². The minimum Gasteiger partial charge on any atom is -0.462 e. The third-order valence-corrected chi connectivity index (χ3v) is 8.99. The van der Waals surface area contributed by atoms with Crippen molar-refractivity contribution in [3.05, 3.63) is 48.6 Å². The third kappa shape index (κ3) is 38.9. The summed E-state index contributed by atoms with van der Waals surface area (Å²) < 4.78 is 26.2. The standard InChI is InChI=1S/C42H73O9P/c1-4-5-6-7-8-9-10-12-16-19-22-25-28-32-39(43)33-30-35-42(45)51-40(37-50-52(46,47)48)36-49-41(44)34-29-26-23-20-17-14-11-13-15-18-21-24-27-31-38(2)3/h8-9,12,16,22,25,28,32,38,40H,4-7,10-11,13-15,17-21,23-24,26-27,29-31,33-37H2,1-3H3,(H2,46,47,48)/b9-8-,16-12-,25-22-,32-28+/t40-/m1/s1. The average Bonchev–Trinajstić information content (AvgIpc) is 3.09. The van der Waals surface area contributed by atoms with Gasteiger partial charge in [0.05, 0.1) is 6.61 Å². The zero-order valence-corrected chi connectivity index (χ0v) is 33.8. The fraction of sp³-hybridized carbons (Fsp3) is 0.738. The fourth-order valence-corrected chi connectivity index (χ4v) is 5.81. The molecule has 0 aliphatic heterocycles. The van der Waals surface area contributed by atoms with Crippen LogP contribution in [0.4, 0.5) is 0 Å². The van der Waals surface area contributed by atoms with E-state index in [1.165, 1.54) is 89.5 Å². The van der Waals surface area contributed by atoms with Crippen LogP contribution in [0.5, 0.6) is 0 Å². The Balaban J connectivity index is 4.13. The summed E-state index contributed by atoms with van der Waals surface area (Å²) in [6.07, 6.45) is 38.4. The van der Waals surface area contributed by atoms with E-state index in [2.05, 4.69) is 49.6 Å². The van der Waals surface area contributed by atoms with Crippen LogP contribution in [0.25, 0.3) is 0 Å². The lowest BCUT2D eigenvalue weighted by Gasteiger charge is -2.18. The molecule has 300 valence electrons. The van der Waals surface area contributed by atoms with Crippen LogP contribution in [0.1, 0.15) is 175 Å². The summed E-state index contributed by atoms with van der Waals surface area (Å²) in [5.41, 5.74) is 0. The summed E-state index contributed by atoms with van der Waals surface area (Å²) in [4.78, 5) is 54.9. The number of ether oxygens (including phenoxy) is 2. The van der Waals surface area contributed by atoms with Gasteiger partial charge >= 0.3 is 19.8 Å². The summed E-state index contributed by atoms with van der Waals surface area (Å²) in [7, 11) is -4.82. The molecule has 0 rings (SSSR count). The van der Waals surface area contributed by atoms with Crippen molar-refractivity contribution in [2.24, 2.45) is 5.92 Å². The number of hydrogen-bond acceptors (Lipinski definition) is 7. The molecule has 0 saturated carbocycles. The lowest BCUT2D eigenvalue weighted by atomic mass is 10.0. The largest absolute Gasteiger partial charge is 0.469 e. The van der Waals surface area contributed by atoms with Crippen LogP contribution in [-0.2, 0) is 32.9 Å². The molecule has 0 aliphatic rings. The zero-order chi connectivity index (χ0) is 38.5. The van der Waals surface area contributed by atoms with Crippen molar-refractivity contribution in [3.63, 3.8) is 0 Å². The van der Waals surface area contributed by atoms with Crippen LogP contribution in [-0.4, -0.2) is 46.8 Å². The number of allylic oxidation sites excluding steroid dienone is 8. The Kier molecular flexibility index (Phi) is 34.1. The van der Waals surface area contributed by atoms with Crippen molar-refractivity contribution in [2.75, 3.05) is 13.2 Å². The van der Waals surface area contributed by atoms with Crippen molar-refractivity contribution in [2.45, 2.75) is 181 Å². The van der Waals surface area contributed by atoms with Crippen molar-refractivity contribution in [3.8, 4) is 0 Å². The van der Waals surface area contributed by atoms with E-state index in [9.17, 15) is 18.9 Å². The van der Waals surface area contributed by atoms with E-state index in [0.717, 1.165) is 44.4 Å². The molecule has 0 aromatic carbocycles. The van der Waals surface area contributed by atoms with E-state index >= 15 is 0 Å². The Morgan fingerprint density at radius 1 is 0.615 bits per heavy atom. The second-order valence-corrected chi connectivity index (χ2v) is 15.4. The first kappa shape index (κ1) is 49.7. The summed E-state index contributed by atoms with van der Waals surface area (Å²) >= 11 is 0. The van der Waals surface area contributed by atoms with Gasteiger partial charge in [0.1, 0.15) is 6.61 Å². The Hall–Kier alpha value is -2.32. The maximum absolute atomic E-state index is 12.4. The van der Waals surface area contributed by atoms with E-state index in [-0.39, 0.29) is 38.1 Å². The van der Waals surface area contributed by atoms with Crippen LogP contribution in [0, 0.1) is 5.92 Å². The number of ketones is 1. The minimum absolute atomic E-state index is 0.0772. The van der Waals surface area contributed by atoms with Gasteiger partial charge in [-0.1, -0.05) is 160 Å².